The number of nitrogens with zero attached hydrogens (tertiary/aromatic N) is 1. The van der Waals surface area contributed by atoms with Crippen LogP contribution >= 0.6 is 0 Å². The quantitative estimate of drug-likeness (QED) is 0.873. The predicted octanol–water partition coefficient (Wildman–Crippen LogP) is 2.69. The van der Waals surface area contributed by atoms with Crippen molar-refractivity contribution in [2.75, 3.05) is 7.11 Å². The predicted molar refractivity (Wildman–Crippen MR) is 84.4 cm³/mol. The molecule has 1 aromatic carbocycles. The first kappa shape index (κ1) is 16.1. The van der Waals surface area contributed by atoms with Gasteiger partial charge in [-0.15, -0.1) is 0 Å². The maximum Gasteiger partial charge on any atom is 0.276 e. The number of carbonyl (C=O) groups is 2. The molecule has 0 bridgehead atoms. The molecule has 118 valence electrons. The van der Waals surface area contributed by atoms with Gasteiger partial charge >= 0.3 is 0 Å². The fraction of sp³-hybridized carbons (Fsp3) is 0.412. The van der Waals surface area contributed by atoms with E-state index in [0.717, 1.165) is 18.4 Å². The zero-order chi connectivity index (χ0) is 16.3. The van der Waals surface area contributed by atoms with Gasteiger partial charge in [0.2, 0.25) is 0 Å². The lowest BCUT2D eigenvalue weighted by molar-refractivity contribution is -0.123. The Bertz CT molecular complexity index is 615. The molecule has 1 aromatic rings. The minimum Gasteiger partial charge on any atom is -0.496 e. The maximum absolute atomic E-state index is 12.8. The highest BCUT2D eigenvalue weighted by atomic mass is 16.5. The lowest BCUT2D eigenvalue weighted by Crippen LogP contribution is -2.56. The number of hydrogen-bond donors (Lipinski definition) is 1. The van der Waals surface area contributed by atoms with Crippen LogP contribution in [0.2, 0.25) is 0 Å². The summed E-state index contributed by atoms with van der Waals surface area (Å²) < 4.78 is 5.24. The molecule has 0 saturated heterocycles. The molecule has 1 N–H and O–H groups in total. The number of amides is 2. The first-order chi connectivity index (χ1) is 10.3. The van der Waals surface area contributed by atoms with Crippen molar-refractivity contribution in [2.24, 2.45) is 0 Å². The average molecular weight is 302 g/mol. The number of carbonyl (C=O) groups excluding carboxylic acids is 2. The van der Waals surface area contributed by atoms with Gasteiger partial charge in [0.05, 0.1) is 18.2 Å². The second kappa shape index (κ2) is 6.22. The van der Waals surface area contributed by atoms with Crippen molar-refractivity contribution >= 4 is 11.8 Å². The smallest absolute Gasteiger partial charge is 0.276 e. The van der Waals surface area contributed by atoms with Gasteiger partial charge in [-0.05, 0) is 45.7 Å². The lowest BCUT2D eigenvalue weighted by atomic mass is 9.98. The molecule has 0 aliphatic heterocycles. The summed E-state index contributed by atoms with van der Waals surface area (Å²) in [6, 6.07) is 6.99. The molecule has 0 aromatic heterocycles. The van der Waals surface area contributed by atoms with Crippen molar-refractivity contribution in [1.82, 2.24) is 10.4 Å². The number of hydrazine groups is 1. The van der Waals surface area contributed by atoms with Gasteiger partial charge in [-0.1, -0.05) is 18.2 Å². The molecule has 22 heavy (non-hydrogen) atoms. The summed E-state index contributed by atoms with van der Waals surface area (Å²) in [4.78, 5) is 25.0. The highest BCUT2D eigenvalue weighted by molar-refractivity contribution is 6.01. The Morgan fingerprint density at radius 3 is 2.36 bits per heavy atom. The second-order valence-corrected chi connectivity index (χ2v) is 6.22. The van der Waals surface area contributed by atoms with Gasteiger partial charge in [0.15, 0.2) is 0 Å². The summed E-state index contributed by atoms with van der Waals surface area (Å²) in [5.74, 6) is -0.0264. The second-order valence-electron chi connectivity index (χ2n) is 6.22. The molecule has 5 nitrogen and oxygen atoms in total. The fourth-order valence-corrected chi connectivity index (χ4v) is 2.13. The van der Waals surface area contributed by atoms with E-state index in [4.69, 9.17) is 4.74 Å². The number of ether oxygens (including phenoxy) is 1. The van der Waals surface area contributed by atoms with Crippen molar-refractivity contribution in [1.29, 1.82) is 0 Å². The van der Waals surface area contributed by atoms with Gasteiger partial charge in [0, 0.05) is 5.57 Å². The van der Waals surface area contributed by atoms with Crippen LogP contribution in [0.4, 0.5) is 0 Å². The number of benzene rings is 1. The van der Waals surface area contributed by atoms with Gasteiger partial charge in [-0.25, -0.2) is 5.01 Å². The highest BCUT2D eigenvalue weighted by Crippen LogP contribution is 2.24. The van der Waals surface area contributed by atoms with E-state index in [1.54, 1.807) is 24.3 Å². The molecule has 0 radical (unpaired) electrons. The van der Waals surface area contributed by atoms with E-state index >= 15 is 0 Å². The molecule has 0 spiro atoms. The summed E-state index contributed by atoms with van der Waals surface area (Å²) in [6.45, 7) is 5.61. The van der Waals surface area contributed by atoms with E-state index in [1.807, 2.05) is 26.8 Å². The van der Waals surface area contributed by atoms with Crippen molar-refractivity contribution in [3.63, 3.8) is 0 Å². The van der Waals surface area contributed by atoms with Gasteiger partial charge in [0.25, 0.3) is 11.8 Å². The minimum absolute atomic E-state index is 0.218. The maximum atomic E-state index is 12.8. The Labute approximate surface area is 130 Å². The molecule has 5 heteroatoms. The monoisotopic (exact) mass is 302 g/mol. The van der Waals surface area contributed by atoms with Crippen LogP contribution in [0.3, 0.4) is 0 Å². The number of rotatable bonds is 3. The first-order valence-corrected chi connectivity index (χ1v) is 7.32. The van der Waals surface area contributed by atoms with Gasteiger partial charge in [-0.2, -0.15) is 0 Å². The number of hydrogen-bond acceptors (Lipinski definition) is 3. The first-order valence-electron chi connectivity index (χ1n) is 7.32. The Kier molecular flexibility index (Phi) is 4.54. The van der Waals surface area contributed by atoms with Crippen LogP contribution in [-0.2, 0) is 4.79 Å². The third-order valence-electron chi connectivity index (χ3n) is 3.52. The van der Waals surface area contributed by atoms with Crippen LogP contribution in [-0.4, -0.2) is 29.5 Å². The van der Waals surface area contributed by atoms with E-state index in [9.17, 15) is 9.59 Å². The molecule has 0 saturated carbocycles. The highest BCUT2D eigenvalue weighted by Gasteiger charge is 2.31. The fourth-order valence-electron chi connectivity index (χ4n) is 2.13. The molecule has 1 aliphatic rings. The summed E-state index contributed by atoms with van der Waals surface area (Å²) in [5.41, 5.74) is 3.32. The molecule has 0 atom stereocenters. The van der Waals surface area contributed by atoms with Crippen LogP contribution in [0, 0.1) is 0 Å². The minimum atomic E-state index is -0.558. The van der Waals surface area contributed by atoms with Gasteiger partial charge in [-0.3, -0.25) is 15.0 Å². The summed E-state index contributed by atoms with van der Waals surface area (Å²) >= 11 is 0. The van der Waals surface area contributed by atoms with Crippen molar-refractivity contribution in [3.05, 3.63) is 41.5 Å². The Morgan fingerprint density at radius 2 is 1.86 bits per heavy atom. The number of nitrogens with one attached hydrogen (secondary N) is 1. The molecule has 2 rings (SSSR count). The van der Waals surface area contributed by atoms with Crippen molar-refractivity contribution < 1.29 is 14.3 Å². The molecular weight excluding hydrogens is 280 g/mol. The molecule has 0 heterocycles. The number of allylic oxidation sites excluding steroid dienone is 1. The zero-order valence-electron chi connectivity index (χ0n) is 13.5. The van der Waals surface area contributed by atoms with Gasteiger partial charge < -0.3 is 4.74 Å². The van der Waals surface area contributed by atoms with E-state index in [0.29, 0.717) is 11.3 Å². The lowest BCUT2D eigenvalue weighted by Gasteiger charge is -2.36. The normalized spacial score (nSPS) is 13.7. The molecular formula is C17H22N2O3. The summed E-state index contributed by atoms with van der Waals surface area (Å²) in [7, 11) is 1.52. The van der Waals surface area contributed by atoms with Crippen molar-refractivity contribution in [3.8, 4) is 5.75 Å². The summed E-state index contributed by atoms with van der Waals surface area (Å²) in [5, 5.41) is 1.37. The van der Waals surface area contributed by atoms with E-state index < -0.39 is 5.54 Å². The van der Waals surface area contributed by atoms with Crippen LogP contribution in [0.25, 0.3) is 0 Å². The Morgan fingerprint density at radius 1 is 1.23 bits per heavy atom. The molecule has 2 amide bonds. The number of methoxy groups -OCH3 is 1. The van der Waals surface area contributed by atoms with E-state index in [-0.39, 0.29) is 11.8 Å². The SMILES string of the molecule is COc1ccccc1C(=O)N(NC(=O)C1=CCC1)C(C)(C)C. The van der Waals surface area contributed by atoms with Gasteiger partial charge in [0.1, 0.15) is 5.75 Å². The van der Waals surface area contributed by atoms with Crippen molar-refractivity contribution in [2.45, 2.75) is 39.2 Å². The molecule has 0 unspecified atom stereocenters. The average Bonchev–Trinajstić information content (AvgIpc) is 2.41. The standard InChI is InChI=1S/C17H22N2O3/c1-17(2,3)19(18-15(20)12-8-7-9-12)16(21)13-10-5-6-11-14(13)22-4/h5-6,8,10-11H,7,9H2,1-4H3,(H,18,20). The van der Waals surface area contributed by atoms with Crippen LogP contribution in [0.5, 0.6) is 5.75 Å². The third kappa shape index (κ3) is 3.30. The summed E-state index contributed by atoms with van der Waals surface area (Å²) in [6.07, 6.45) is 3.55. The van der Waals surface area contributed by atoms with Crippen LogP contribution < -0.4 is 10.2 Å². The Hall–Kier alpha value is -2.30. The molecule has 0 fully saturated rings. The Balaban J connectivity index is 2.28. The van der Waals surface area contributed by atoms with E-state index in [1.165, 1.54) is 12.1 Å². The van der Waals surface area contributed by atoms with Crippen LogP contribution in [0.1, 0.15) is 44.0 Å². The topological polar surface area (TPSA) is 58.6 Å². The largest absolute Gasteiger partial charge is 0.496 e. The zero-order valence-corrected chi connectivity index (χ0v) is 13.5. The van der Waals surface area contributed by atoms with Crippen LogP contribution in [0.15, 0.2) is 35.9 Å². The molecule has 1 aliphatic carbocycles. The third-order valence-corrected chi connectivity index (χ3v) is 3.52. The van der Waals surface area contributed by atoms with E-state index in [2.05, 4.69) is 5.43 Å². The number of para-hydroxylation sites is 1.